The van der Waals surface area contributed by atoms with Crippen molar-refractivity contribution >= 4 is 16.7 Å². The molecular weight excluding hydrogens is 240 g/mol. The number of nitro benzene ring substituents is 1. The zero-order valence-electron chi connectivity index (χ0n) is 9.59. The van der Waals surface area contributed by atoms with Crippen LogP contribution < -0.4 is 0 Å². The van der Waals surface area contributed by atoms with Gasteiger partial charge in [-0.2, -0.15) is 0 Å². The van der Waals surface area contributed by atoms with E-state index in [1.807, 2.05) is 4.31 Å². The molecule has 0 saturated carbocycles. The highest BCUT2D eigenvalue weighted by atomic mass is 32.2. The molecule has 1 aromatic carbocycles. The molecule has 1 aliphatic heterocycles. The van der Waals surface area contributed by atoms with Crippen LogP contribution in [-0.4, -0.2) is 20.0 Å². The van der Waals surface area contributed by atoms with Gasteiger partial charge in [-0.1, -0.05) is 13.3 Å². The molecule has 6 heteroatoms. The highest BCUT2D eigenvalue weighted by molar-refractivity contribution is 7.83. The summed E-state index contributed by atoms with van der Waals surface area (Å²) in [6, 6.07) is 4.55. The van der Waals surface area contributed by atoms with Gasteiger partial charge in [-0.3, -0.25) is 10.1 Å². The average molecular weight is 254 g/mol. The van der Waals surface area contributed by atoms with Crippen molar-refractivity contribution in [2.75, 3.05) is 6.54 Å². The van der Waals surface area contributed by atoms with Crippen LogP contribution in [0.4, 0.5) is 5.69 Å². The molecule has 2 rings (SSSR count). The second-order valence-electron chi connectivity index (χ2n) is 4.02. The summed E-state index contributed by atoms with van der Waals surface area (Å²) in [6.07, 6.45) is 2.03. The molecule has 0 aromatic heterocycles. The molecule has 0 bridgehead atoms. The van der Waals surface area contributed by atoms with Gasteiger partial charge in [0.1, 0.15) is 11.0 Å². The van der Waals surface area contributed by atoms with Gasteiger partial charge in [0.2, 0.25) is 0 Å². The molecule has 0 spiro atoms. The van der Waals surface area contributed by atoms with E-state index in [0.717, 1.165) is 24.9 Å². The maximum atomic E-state index is 12.1. The molecule has 1 aromatic rings. The number of hydrogen-bond donors (Lipinski definition) is 0. The summed E-state index contributed by atoms with van der Waals surface area (Å²) >= 11 is 0. The Kier molecular flexibility index (Phi) is 3.54. The van der Waals surface area contributed by atoms with Gasteiger partial charge < -0.3 is 0 Å². The van der Waals surface area contributed by atoms with Gasteiger partial charge in [0.05, 0.1) is 9.82 Å². The second-order valence-corrected chi connectivity index (χ2v) is 5.47. The Morgan fingerprint density at radius 1 is 1.53 bits per heavy atom. The van der Waals surface area contributed by atoms with Crippen molar-refractivity contribution in [1.82, 2.24) is 4.31 Å². The third-order valence-electron chi connectivity index (χ3n) is 2.79. The van der Waals surface area contributed by atoms with Gasteiger partial charge in [0, 0.05) is 25.2 Å². The van der Waals surface area contributed by atoms with E-state index in [4.69, 9.17) is 0 Å². The van der Waals surface area contributed by atoms with E-state index in [1.54, 1.807) is 6.07 Å². The van der Waals surface area contributed by atoms with Crippen molar-refractivity contribution in [1.29, 1.82) is 0 Å². The van der Waals surface area contributed by atoms with Crippen molar-refractivity contribution < 1.29 is 9.13 Å². The highest BCUT2D eigenvalue weighted by Gasteiger charge is 2.27. The van der Waals surface area contributed by atoms with Gasteiger partial charge in [0.15, 0.2) is 0 Å². The first-order chi connectivity index (χ1) is 8.13. The first kappa shape index (κ1) is 12.2. The molecule has 0 N–H and O–H groups in total. The molecule has 1 aliphatic rings. The lowest BCUT2D eigenvalue weighted by atomic mass is 10.2. The number of hydrogen-bond acceptors (Lipinski definition) is 3. The largest absolute Gasteiger partial charge is 0.269 e. The SMILES string of the molecule is CCCCN1Cc2cc([N+](=O)[O-])ccc2S1=O. The van der Waals surface area contributed by atoms with Crippen LogP contribution in [0, 0.1) is 10.1 Å². The van der Waals surface area contributed by atoms with Crippen LogP contribution in [0.15, 0.2) is 23.1 Å². The fourth-order valence-corrected chi connectivity index (χ4v) is 3.22. The summed E-state index contributed by atoms with van der Waals surface area (Å²) in [7, 11) is -1.15. The first-order valence-corrected chi connectivity index (χ1v) is 6.68. The van der Waals surface area contributed by atoms with Gasteiger partial charge in [-0.25, -0.2) is 8.51 Å². The number of unbranched alkanes of at least 4 members (excludes halogenated alkanes) is 1. The lowest BCUT2D eigenvalue weighted by Crippen LogP contribution is -2.20. The minimum atomic E-state index is -1.15. The molecule has 0 amide bonds. The van der Waals surface area contributed by atoms with Gasteiger partial charge in [-0.05, 0) is 18.1 Å². The van der Waals surface area contributed by atoms with Crippen LogP contribution in [0.1, 0.15) is 25.3 Å². The lowest BCUT2D eigenvalue weighted by Gasteiger charge is -2.11. The number of nitro groups is 1. The minimum Gasteiger partial charge on any atom is -0.258 e. The molecule has 92 valence electrons. The van der Waals surface area contributed by atoms with Crippen molar-refractivity contribution in [3.05, 3.63) is 33.9 Å². The minimum absolute atomic E-state index is 0.0677. The van der Waals surface area contributed by atoms with Crippen molar-refractivity contribution in [3.63, 3.8) is 0 Å². The second kappa shape index (κ2) is 4.93. The van der Waals surface area contributed by atoms with E-state index >= 15 is 0 Å². The molecule has 1 atom stereocenters. The molecule has 5 nitrogen and oxygen atoms in total. The molecule has 1 unspecified atom stereocenters. The summed E-state index contributed by atoms with van der Waals surface area (Å²) in [5.41, 5.74) is 0.881. The Morgan fingerprint density at radius 2 is 2.29 bits per heavy atom. The fourth-order valence-electron chi connectivity index (χ4n) is 1.86. The number of rotatable bonds is 4. The Balaban J connectivity index is 2.22. The molecular formula is C11H14N2O3S. The highest BCUT2D eigenvalue weighted by Crippen LogP contribution is 2.30. The first-order valence-electron chi connectivity index (χ1n) is 5.57. The Hall–Kier alpha value is -1.27. The fraction of sp³-hybridized carbons (Fsp3) is 0.455. The van der Waals surface area contributed by atoms with Crippen LogP contribution >= 0.6 is 0 Å². The Morgan fingerprint density at radius 3 is 2.94 bits per heavy atom. The molecule has 0 radical (unpaired) electrons. The zero-order chi connectivity index (χ0) is 12.4. The molecule has 17 heavy (non-hydrogen) atoms. The van der Waals surface area contributed by atoms with Crippen LogP contribution in [0.2, 0.25) is 0 Å². The normalized spacial score (nSPS) is 19.2. The monoisotopic (exact) mass is 254 g/mol. The quantitative estimate of drug-likeness (QED) is 0.611. The average Bonchev–Trinajstić information content (AvgIpc) is 2.63. The van der Waals surface area contributed by atoms with Crippen molar-refractivity contribution in [2.45, 2.75) is 31.2 Å². The summed E-state index contributed by atoms with van der Waals surface area (Å²) in [4.78, 5) is 10.9. The third-order valence-corrected chi connectivity index (χ3v) is 4.34. The summed E-state index contributed by atoms with van der Waals surface area (Å²) in [6.45, 7) is 3.40. The molecule has 1 heterocycles. The van der Waals surface area contributed by atoms with E-state index in [0.29, 0.717) is 11.4 Å². The smallest absolute Gasteiger partial charge is 0.258 e. The summed E-state index contributed by atoms with van der Waals surface area (Å²) in [5, 5.41) is 10.7. The number of benzene rings is 1. The molecule has 0 fully saturated rings. The van der Waals surface area contributed by atoms with E-state index in [-0.39, 0.29) is 5.69 Å². The molecule has 0 saturated heterocycles. The Bertz CT molecular complexity index is 476. The van der Waals surface area contributed by atoms with Crippen LogP contribution in [-0.2, 0) is 17.5 Å². The topological polar surface area (TPSA) is 63.4 Å². The van der Waals surface area contributed by atoms with Crippen LogP contribution in [0.5, 0.6) is 0 Å². The maximum absolute atomic E-state index is 12.1. The van der Waals surface area contributed by atoms with Gasteiger partial charge in [-0.15, -0.1) is 0 Å². The van der Waals surface area contributed by atoms with E-state index in [2.05, 4.69) is 6.92 Å². The predicted octanol–water partition coefficient (Wildman–Crippen LogP) is 2.23. The van der Waals surface area contributed by atoms with E-state index in [1.165, 1.54) is 12.1 Å². The van der Waals surface area contributed by atoms with Gasteiger partial charge >= 0.3 is 0 Å². The van der Waals surface area contributed by atoms with Crippen molar-refractivity contribution in [2.24, 2.45) is 0 Å². The molecule has 0 aliphatic carbocycles. The maximum Gasteiger partial charge on any atom is 0.269 e. The zero-order valence-corrected chi connectivity index (χ0v) is 10.4. The van der Waals surface area contributed by atoms with E-state index < -0.39 is 15.9 Å². The Labute approximate surface area is 102 Å². The number of non-ortho nitro benzene ring substituents is 1. The van der Waals surface area contributed by atoms with E-state index in [9.17, 15) is 14.3 Å². The number of nitrogens with zero attached hydrogens (tertiary/aromatic N) is 2. The summed E-state index contributed by atoms with van der Waals surface area (Å²) in [5.74, 6) is 0. The summed E-state index contributed by atoms with van der Waals surface area (Å²) < 4.78 is 13.9. The van der Waals surface area contributed by atoms with Crippen LogP contribution in [0.3, 0.4) is 0 Å². The van der Waals surface area contributed by atoms with Crippen LogP contribution in [0.25, 0.3) is 0 Å². The number of fused-ring (bicyclic) bond motifs is 1. The lowest BCUT2D eigenvalue weighted by molar-refractivity contribution is -0.385. The standard InChI is InChI=1S/C11H14N2O3S/c1-2-3-6-12-8-9-7-10(13(14)15)4-5-11(9)17(12)16/h4-5,7H,2-3,6,8H2,1H3. The van der Waals surface area contributed by atoms with Crippen molar-refractivity contribution in [3.8, 4) is 0 Å². The van der Waals surface area contributed by atoms with Gasteiger partial charge in [0.25, 0.3) is 5.69 Å². The third kappa shape index (κ3) is 2.37. The predicted molar refractivity (Wildman–Crippen MR) is 64.8 cm³/mol.